The van der Waals surface area contributed by atoms with E-state index in [4.69, 9.17) is 32.7 Å². The van der Waals surface area contributed by atoms with Crippen molar-refractivity contribution >= 4 is 58.2 Å². The molecule has 0 radical (unpaired) electrons. The van der Waals surface area contributed by atoms with Gasteiger partial charge in [0.05, 0.1) is 31.7 Å². The van der Waals surface area contributed by atoms with E-state index in [1.165, 1.54) is 14.2 Å². The second-order valence-electron chi connectivity index (χ2n) is 12.3. The van der Waals surface area contributed by atoms with Crippen molar-refractivity contribution in [2.75, 3.05) is 24.0 Å². The Labute approximate surface area is 289 Å². The Morgan fingerprint density at radius 2 is 1.34 bits per heavy atom. The molecule has 16 heteroatoms. The summed E-state index contributed by atoms with van der Waals surface area (Å²) in [6.45, 7) is 0. The standard InChI is InChI=1S/C34H23Cl2F5N2O7/c1-49-18-10-14(44)11-19(50-2)21(18)22-15-8-9-16-20(30(46)42(29(16)45)13-6-4-3-5-7-13)17(15)12-33(35)31(47)43(32(48)34(22,33)36)28-26(40)24(38)23(37)25(39)27(28)41/h3-8,10-11,16-17,20,22,44H,9,12H2,1-2H3. The first-order valence-electron chi connectivity index (χ1n) is 15.0. The maximum absolute atomic E-state index is 15.3. The van der Waals surface area contributed by atoms with Crippen LogP contribution in [-0.2, 0) is 19.2 Å². The molecule has 0 aromatic heterocycles. The molecule has 4 aliphatic rings. The predicted molar refractivity (Wildman–Crippen MR) is 167 cm³/mol. The number of anilines is 2. The van der Waals surface area contributed by atoms with E-state index in [2.05, 4.69) is 0 Å². The summed E-state index contributed by atoms with van der Waals surface area (Å²) in [5.41, 5.74) is -1.54. The molecule has 0 bridgehead atoms. The van der Waals surface area contributed by atoms with Crippen LogP contribution >= 0.6 is 23.2 Å². The molecule has 50 heavy (non-hydrogen) atoms. The number of para-hydroxylation sites is 1. The number of carbonyl (C=O) groups excluding carboxylic acids is 4. The summed E-state index contributed by atoms with van der Waals surface area (Å²) in [5, 5.41) is 10.4. The summed E-state index contributed by atoms with van der Waals surface area (Å²) in [6, 6.07) is 10.3. The predicted octanol–water partition coefficient (Wildman–Crippen LogP) is 5.87. The van der Waals surface area contributed by atoms with Crippen molar-refractivity contribution in [1.29, 1.82) is 0 Å². The molecule has 0 spiro atoms. The number of hydrogen-bond donors (Lipinski definition) is 1. The fraction of sp³-hybridized carbons (Fsp3) is 0.294. The molecule has 6 unspecified atom stereocenters. The van der Waals surface area contributed by atoms with Gasteiger partial charge < -0.3 is 14.6 Å². The van der Waals surface area contributed by atoms with Crippen molar-refractivity contribution < 1.29 is 55.7 Å². The molecular weight excluding hydrogens is 714 g/mol. The Hall–Kier alpha value is -4.69. The first-order chi connectivity index (χ1) is 23.6. The number of carbonyl (C=O) groups is 4. The molecule has 9 nitrogen and oxygen atoms in total. The van der Waals surface area contributed by atoms with Crippen molar-refractivity contribution in [3.8, 4) is 17.2 Å². The first kappa shape index (κ1) is 33.8. The fourth-order valence-electron chi connectivity index (χ4n) is 7.93. The van der Waals surface area contributed by atoms with Gasteiger partial charge in [0, 0.05) is 23.6 Å². The van der Waals surface area contributed by atoms with E-state index in [9.17, 15) is 37.5 Å². The molecule has 1 N–H and O–H groups in total. The summed E-state index contributed by atoms with van der Waals surface area (Å²) in [5.74, 6) is -22.6. The third-order valence-corrected chi connectivity index (χ3v) is 11.5. The van der Waals surface area contributed by atoms with E-state index in [0.29, 0.717) is 0 Å². The molecule has 2 aliphatic carbocycles. The lowest BCUT2D eigenvalue weighted by Gasteiger charge is -2.51. The molecule has 2 aliphatic heterocycles. The average Bonchev–Trinajstić information content (AvgIpc) is 3.44. The van der Waals surface area contributed by atoms with Crippen LogP contribution < -0.4 is 19.3 Å². The highest BCUT2D eigenvalue weighted by Gasteiger charge is 2.77. The van der Waals surface area contributed by atoms with Gasteiger partial charge in [0.2, 0.25) is 17.6 Å². The lowest BCUT2D eigenvalue weighted by molar-refractivity contribution is -0.125. The summed E-state index contributed by atoms with van der Waals surface area (Å²) in [6.07, 6.45) is 0.805. The van der Waals surface area contributed by atoms with Crippen molar-refractivity contribution in [3.63, 3.8) is 0 Å². The largest absolute Gasteiger partial charge is 0.508 e. The van der Waals surface area contributed by atoms with Crippen LogP contribution in [0.2, 0.25) is 0 Å². The lowest BCUT2D eigenvalue weighted by atomic mass is 9.56. The van der Waals surface area contributed by atoms with Crippen LogP contribution in [0.1, 0.15) is 24.3 Å². The third-order valence-electron chi connectivity index (χ3n) is 10.1. The number of fused-ring (bicyclic) bond motifs is 4. The van der Waals surface area contributed by atoms with Gasteiger partial charge in [-0.15, -0.1) is 23.2 Å². The van der Waals surface area contributed by atoms with Gasteiger partial charge in [-0.2, -0.15) is 0 Å². The Morgan fingerprint density at radius 3 is 1.90 bits per heavy atom. The molecule has 3 fully saturated rings. The molecule has 260 valence electrons. The monoisotopic (exact) mass is 736 g/mol. The van der Waals surface area contributed by atoms with E-state index in [1.54, 1.807) is 36.4 Å². The second kappa shape index (κ2) is 11.4. The third kappa shape index (κ3) is 4.17. The molecular formula is C34H23Cl2F5N2O7. The summed E-state index contributed by atoms with van der Waals surface area (Å²) in [7, 11) is 2.38. The Morgan fingerprint density at radius 1 is 0.780 bits per heavy atom. The number of allylic oxidation sites excluding steroid dienone is 2. The number of alkyl halides is 2. The smallest absolute Gasteiger partial charge is 0.258 e. The number of ether oxygens (including phenoxy) is 2. The fourth-order valence-corrected chi connectivity index (χ4v) is 8.84. The second-order valence-corrected chi connectivity index (χ2v) is 13.5. The Balaban J connectivity index is 1.49. The number of methoxy groups -OCH3 is 2. The van der Waals surface area contributed by atoms with Crippen LogP contribution in [0.4, 0.5) is 33.3 Å². The highest BCUT2D eigenvalue weighted by Crippen LogP contribution is 2.67. The van der Waals surface area contributed by atoms with Gasteiger partial charge in [-0.1, -0.05) is 29.8 Å². The molecule has 4 amide bonds. The van der Waals surface area contributed by atoms with Gasteiger partial charge in [-0.3, -0.25) is 24.1 Å². The minimum atomic E-state index is -2.80. The van der Waals surface area contributed by atoms with Crippen molar-refractivity contribution in [1.82, 2.24) is 0 Å². The first-order valence-corrected chi connectivity index (χ1v) is 15.8. The molecule has 3 aromatic carbocycles. The highest BCUT2D eigenvalue weighted by atomic mass is 35.5. The van der Waals surface area contributed by atoms with E-state index >= 15 is 8.78 Å². The normalized spacial score (nSPS) is 28.8. The molecule has 6 atom stereocenters. The minimum absolute atomic E-state index is 0.0602. The number of benzene rings is 3. The number of rotatable bonds is 5. The molecule has 2 saturated heterocycles. The number of aromatic hydroxyl groups is 1. The van der Waals surface area contributed by atoms with Crippen LogP contribution in [0.15, 0.2) is 54.1 Å². The van der Waals surface area contributed by atoms with E-state index in [1.807, 2.05) is 0 Å². The number of phenolic OH excluding ortho intramolecular Hbond substituents is 1. The molecule has 2 heterocycles. The highest BCUT2D eigenvalue weighted by molar-refractivity contribution is 6.58. The van der Waals surface area contributed by atoms with Crippen molar-refractivity contribution in [2.45, 2.75) is 28.5 Å². The quantitative estimate of drug-likeness (QED) is 0.0871. The maximum Gasteiger partial charge on any atom is 0.258 e. The number of hydrogen-bond acceptors (Lipinski definition) is 7. The number of imide groups is 2. The summed E-state index contributed by atoms with van der Waals surface area (Å²) in [4.78, 5) is 52.0. The molecule has 3 aromatic rings. The van der Waals surface area contributed by atoms with Gasteiger partial charge in [0.25, 0.3) is 11.8 Å². The zero-order valence-electron chi connectivity index (χ0n) is 25.8. The number of amides is 4. The van der Waals surface area contributed by atoms with Crippen LogP contribution in [0.3, 0.4) is 0 Å². The van der Waals surface area contributed by atoms with Crippen LogP contribution in [0.5, 0.6) is 17.2 Å². The lowest BCUT2D eigenvalue weighted by Crippen LogP contribution is -2.60. The Bertz CT molecular complexity index is 2030. The zero-order valence-corrected chi connectivity index (χ0v) is 27.3. The van der Waals surface area contributed by atoms with Gasteiger partial charge >= 0.3 is 0 Å². The van der Waals surface area contributed by atoms with Gasteiger partial charge in [-0.25, -0.2) is 26.9 Å². The minimum Gasteiger partial charge on any atom is -0.508 e. The zero-order chi connectivity index (χ0) is 36.2. The SMILES string of the molecule is COc1cc(O)cc(OC)c1C1C2=CCC3C(=O)N(c4ccccc4)C(=O)C3C2CC2(Cl)C(=O)N(c3c(F)c(F)c(F)c(F)c3F)C(=O)C12Cl. The van der Waals surface area contributed by atoms with Crippen molar-refractivity contribution in [3.05, 3.63) is 88.8 Å². The summed E-state index contributed by atoms with van der Waals surface area (Å²) >= 11 is 14.4. The topological polar surface area (TPSA) is 113 Å². The van der Waals surface area contributed by atoms with Gasteiger partial charge in [-0.05, 0) is 30.9 Å². The van der Waals surface area contributed by atoms with Crippen LogP contribution in [0.25, 0.3) is 0 Å². The number of halogens is 7. The Kier molecular flexibility index (Phi) is 7.72. The number of phenols is 1. The van der Waals surface area contributed by atoms with Crippen LogP contribution in [0, 0.1) is 46.8 Å². The van der Waals surface area contributed by atoms with E-state index in [-0.39, 0.29) is 45.4 Å². The summed E-state index contributed by atoms with van der Waals surface area (Å²) < 4.78 is 84.6. The van der Waals surface area contributed by atoms with E-state index < -0.39 is 98.2 Å². The maximum atomic E-state index is 15.3. The van der Waals surface area contributed by atoms with E-state index in [0.717, 1.165) is 17.0 Å². The van der Waals surface area contributed by atoms with Gasteiger partial charge in [0.15, 0.2) is 33.0 Å². The molecule has 1 saturated carbocycles. The van der Waals surface area contributed by atoms with Crippen LogP contribution in [-0.4, -0.2) is 52.7 Å². The number of nitrogens with zero attached hydrogens (tertiary/aromatic N) is 2. The average molecular weight is 737 g/mol. The van der Waals surface area contributed by atoms with Crippen molar-refractivity contribution in [2.24, 2.45) is 17.8 Å². The molecule has 7 rings (SSSR count). The van der Waals surface area contributed by atoms with Gasteiger partial charge in [0.1, 0.15) is 22.9 Å².